The summed E-state index contributed by atoms with van der Waals surface area (Å²) in [5.41, 5.74) is 1.37. The van der Waals surface area contributed by atoms with Crippen molar-refractivity contribution in [3.8, 4) is 0 Å². The Labute approximate surface area is 109 Å². The lowest BCUT2D eigenvalue weighted by Crippen LogP contribution is -1.90. The van der Waals surface area contributed by atoms with Crippen LogP contribution in [0.4, 0.5) is 0 Å². The zero-order valence-electron chi connectivity index (χ0n) is 10.9. The minimum atomic E-state index is 0.679. The minimum Gasteiger partial charge on any atom is -0.134 e. The van der Waals surface area contributed by atoms with Gasteiger partial charge in [-0.25, -0.2) is 0 Å². The highest BCUT2D eigenvalue weighted by Crippen LogP contribution is 2.20. The van der Waals surface area contributed by atoms with Crippen molar-refractivity contribution in [2.45, 2.75) is 32.9 Å². The highest BCUT2D eigenvalue weighted by Gasteiger charge is 1.98. The van der Waals surface area contributed by atoms with E-state index in [0.29, 0.717) is 5.25 Å². The summed E-state index contributed by atoms with van der Waals surface area (Å²) in [5.74, 6) is 0. The van der Waals surface area contributed by atoms with Crippen molar-refractivity contribution in [1.82, 2.24) is 0 Å². The molecule has 0 aromatic heterocycles. The molecule has 1 rings (SSSR count). The van der Waals surface area contributed by atoms with Crippen LogP contribution in [0.1, 0.15) is 27.7 Å². The zero-order chi connectivity index (χ0) is 12.4. The maximum absolute atomic E-state index is 2.22. The molecule has 2 heteroatoms. The van der Waals surface area contributed by atoms with Gasteiger partial charge in [-0.2, -0.15) is 0 Å². The van der Waals surface area contributed by atoms with Crippen molar-refractivity contribution in [1.29, 1.82) is 0 Å². The maximum Gasteiger partial charge on any atom is 0.0243 e. The van der Waals surface area contributed by atoms with Crippen LogP contribution in [0.5, 0.6) is 0 Å². The van der Waals surface area contributed by atoms with Crippen LogP contribution in [0.2, 0.25) is 0 Å². The van der Waals surface area contributed by atoms with Crippen LogP contribution < -0.4 is 0 Å². The minimum absolute atomic E-state index is 0.679. The van der Waals surface area contributed by atoms with Gasteiger partial charge in [0.1, 0.15) is 0 Å². The van der Waals surface area contributed by atoms with E-state index in [9.17, 15) is 0 Å². The Balaban J connectivity index is 0.000000281. The number of allylic oxidation sites excluding steroid dienone is 6. The standard InChI is InChI=1S/C7H10S.C7H12S/c1-6-3-4-7(2)8-5-6;1-4-5-6-7(2)8-3/h3-5,7H,1-2H3;4-6H,1-3H3/b;5-4+,7-6-. The average Bonchev–Trinajstić information content (AvgIpc) is 2.30. The fourth-order valence-electron chi connectivity index (χ4n) is 0.886. The van der Waals surface area contributed by atoms with Gasteiger partial charge in [0.2, 0.25) is 0 Å². The predicted octanol–water partition coefficient (Wildman–Crippen LogP) is 5.41. The molecule has 0 spiro atoms. The first-order valence-electron chi connectivity index (χ1n) is 5.44. The molecule has 1 unspecified atom stereocenters. The summed E-state index contributed by atoms with van der Waals surface area (Å²) in [6, 6.07) is 0. The quantitative estimate of drug-likeness (QED) is 0.604. The Morgan fingerprint density at radius 2 is 2.19 bits per heavy atom. The molecule has 0 saturated heterocycles. The third-order valence-electron chi connectivity index (χ3n) is 1.94. The molecule has 1 aliphatic rings. The van der Waals surface area contributed by atoms with E-state index in [-0.39, 0.29) is 0 Å². The van der Waals surface area contributed by atoms with Crippen molar-refractivity contribution >= 4 is 23.5 Å². The highest BCUT2D eigenvalue weighted by molar-refractivity contribution is 8.03. The molecule has 0 radical (unpaired) electrons. The number of hydrogen-bond donors (Lipinski definition) is 0. The predicted molar refractivity (Wildman–Crippen MR) is 82.0 cm³/mol. The second-order valence-corrected chi connectivity index (χ2v) is 5.87. The van der Waals surface area contributed by atoms with Crippen molar-refractivity contribution in [3.63, 3.8) is 0 Å². The van der Waals surface area contributed by atoms with E-state index in [0.717, 1.165) is 0 Å². The van der Waals surface area contributed by atoms with E-state index in [1.807, 2.05) is 30.8 Å². The molecule has 1 heterocycles. The van der Waals surface area contributed by atoms with Gasteiger partial charge in [0.15, 0.2) is 0 Å². The lowest BCUT2D eigenvalue weighted by molar-refractivity contribution is 1.24. The molecule has 1 aliphatic heterocycles. The molecular weight excluding hydrogens is 232 g/mol. The topological polar surface area (TPSA) is 0 Å². The number of thioether (sulfide) groups is 2. The van der Waals surface area contributed by atoms with Crippen LogP contribution in [-0.2, 0) is 0 Å². The van der Waals surface area contributed by atoms with Crippen LogP contribution in [0.25, 0.3) is 0 Å². The van der Waals surface area contributed by atoms with Crippen LogP contribution in [0.3, 0.4) is 0 Å². The molecular formula is C14H22S2. The fraction of sp³-hybridized carbons (Fsp3) is 0.429. The van der Waals surface area contributed by atoms with Crippen molar-refractivity contribution in [2.24, 2.45) is 0 Å². The third kappa shape index (κ3) is 8.93. The average molecular weight is 254 g/mol. The van der Waals surface area contributed by atoms with Gasteiger partial charge in [-0.3, -0.25) is 0 Å². The van der Waals surface area contributed by atoms with Gasteiger partial charge in [0, 0.05) is 5.25 Å². The SMILES string of the molecule is C/C=C/C=C(/C)SC.CC1=CSC(C)C=C1. The summed E-state index contributed by atoms with van der Waals surface area (Å²) in [6.07, 6.45) is 12.6. The van der Waals surface area contributed by atoms with E-state index < -0.39 is 0 Å². The first-order chi connectivity index (χ1) is 7.60. The Bertz CT molecular complexity index is 296. The Kier molecular flexibility index (Phi) is 9.65. The zero-order valence-corrected chi connectivity index (χ0v) is 12.5. The lowest BCUT2D eigenvalue weighted by atomic mass is 10.3. The summed E-state index contributed by atoms with van der Waals surface area (Å²) in [7, 11) is 0. The van der Waals surface area contributed by atoms with Gasteiger partial charge in [-0.05, 0) is 49.8 Å². The summed E-state index contributed by atoms with van der Waals surface area (Å²) in [4.78, 5) is 1.35. The van der Waals surface area contributed by atoms with Crippen LogP contribution in [-0.4, -0.2) is 11.5 Å². The Morgan fingerprint density at radius 1 is 1.50 bits per heavy atom. The first kappa shape index (κ1) is 15.7. The number of hydrogen-bond acceptors (Lipinski definition) is 2. The van der Waals surface area contributed by atoms with Crippen LogP contribution in [0, 0.1) is 0 Å². The molecule has 0 fully saturated rings. The van der Waals surface area contributed by atoms with Crippen molar-refractivity contribution < 1.29 is 0 Å². The van der Waals surface area contributed by atoms with E-state index in [2.05, 4.69) is 50.7 Å². The third-order valence-corrected chi connectivity index (χ3v) is 3.82. The van der Waals surface area contributed by atoms with E-state index >= 15 is 0 Å². The molecule has 16 heavy (non-hydrogen) atoms. The molecule has 0 nitrogen and oxygen atoms in total. The molecule has 1 atom stereocenters. The molecule has 0 N–H and O–H groups in total. The van der Waals surface area contributed by atoms with E-state index in [1.165, 1.54) is 10.5 Å². The monoisotopic (exact) mass is 254 g/mol. The molecule has 0 aromatic carbocycles. The molecule has 90 valence electrons. The Hall–Kier alpha value is -0.340. The molecule has 0 amide bonds. The smallest absolute Gasteiger partial charge is 0.0243 e. The van der Waals surface area contributed by atoms with Gasteiger partial charge in [0.05, 0.1) is 0 Å². The van der Waals surface area contributed by atoms with Gasteiger partial charge in [-0.1, -0.05) is 30.4 Å². The maximum atomic E-state index is 2.22. The van der Waals surface area contributed by atoms with Gasteiger partial charge < -0.3 is 0 Å². The second-order valence-electron chi connectivity index (χ2n) is 3.57. The summed E-state index contributed by atoms with van der Waals surface area (Å²) in [5, 5.41) is 2.88. The molecule has 0 aliphatic carbocycles. The van der Waals surface area contributed by atoms with Gasteiger partial charge in [-0.15, -0.1) is 23.5 Å². The fourth-order valence-corrected chi connectivity index (χ4v) is 1.78. The van der Waals surface area contributed by atoms with Crippen LogP contribution in [0.15, 0.2) is 46.3 Å². The Morgan fingerprint density at radius 3 is 2.56 bits per heavy atom. The molecule has 0 saturated carbocycles. The largest absolute Gasteiger partial charge is 0.134 e. The normalized spacial score (nSPS) is 20.4. The number of rotatable bonds is 2. The lowest BCUT2D eigenvalue weighted by Gasteiger charge is -2.06. The van der Waals surface area contributed by atoms with Gasteiger partial charge >= 0.3 is 0 Å². The van der Waals surface area contributed by atoms with Crippen molar-refractivity contribution in [3.05, 3.63) is 46.3 Å². The second kappa shape index (κ2) is 9.86. The van der Waals surface area contributed by atoms with Crippen molar-refractivity contribution in [2.75, 3.05) is 6.26 Å². The first-order valence-corrected chi connectivity index (χ1v) is 7.61. The summed E-state index contributed by atoms with van der Waals surface area (Å²) < 4.78 is 0. The van der Waals surface area contributed by atoms with E-state index in [4.69, 9.17) is 0 Å². The van der Waals surface area contributed by atoms with Crippen LogP contribution >= 0.6 is 23.5 Å². The highest BCUT2D eigenvalue weighted by atomic mass is 32.2. The summed E-state index contributed by atoms with van der Waals surface area (Å²) >= 11 is 3.65. The molecule has 0 bridgehead atoms. The van der Waals surface area contributed by atoms with Gasteiger partial charge in [0.25, 0.3) is 0 Å². The molecule has 0 aromatic rings. The summed E-state index contributed by atoms with van der Waals surface area (Å²) in [6.45, 7) is 8.44. The van der Waals surface area contributed by atoms with E-state index in [1.54, 1.807) is 11.8 Å².